The summed E-state index contributed by atoms with van der Waals surface area (Å²) in [5.74, 6) is 2.79. The summed E-state index contributed by atoms with van der Waals surface area (Å²) in [5, 5.41) is 0. The lowest BCUT2D eigenvalue weighted by molar-refractivity contribution is 0.137. The van der Waals surface area contributed by atoms with Gasteiger partial charge in [0.15, 0.2) is 0 Å². The van der Waals surface area contributed by atoms with Crippen LogP contribution in [0.2, 0.25) is 0 Å². The van der Waals surface area contributed by atoms with Crippen LogP contribution in [-0.4, -0.2) is 18.3 Å². The zero-order chi connectivity index (χ0) is 18.3. The minimum absolute atomic E-state index is 0.353. The van der Waals surface area contributed by atoms with Crippen molar-refractivity contribution in [3.8, 4) is 17.2 Å². The van der Waals surface area contributed by atoms with E-state index in [1.165, 1.54) is 96.3 Å². The molecule has 150 valence electrons. The molecule has 4 rings (SSSR count). The first kappa shape index (κ1) is 19.0. The van der Waals surface area contributed by atoms with Crippen molar-refractivity contribution in [1.82, 2.24) is 0 Å². The lowest BCUT2D eigenvalue weighted by Crippen LogP contribution is -2.22. The maximum atomic E-state index is 6.35. The zero-order valence-electron chi connectivity index (χ0n) is 16.8. The van der Waals surface area contributed by atoms with Crippen LogP contribution in [0.4, 0.5) is 0 Å². The summed E-state index contributed by atoms with van der Waals surface area (Å²) >= 11 is 0. The SMILES string of the molecule is c1c(OC2CCCCC2)cc(OC2CCCCC2)cc1OC1CCCCC1. The molecule has 0 bridgehead atoms. The van der Waals surface area contributed by atoms with E-state index in [4.69, 9.17) is 14.2 Å². The molecule has 0 N–H and O–H groups in total. The smallest absolute Gasteiger partial charge is 0.127 e. The van der Waals surface area contributed by atoms with E-state index in [1.54, 1.807) is 0 Å². The Kier molecular flexibility index (Phi) is 6.81. The molecule has 3 aliphatic carbocycles. The molecule has 0 aliphatic heterocycles. The summed E-state index contributed by atoms with van der Waals surface area (Å²) in [4.78, 5) is 0. The standard InChI is InChI=1S/C24H36O3/c1-4-10-19(11-5-1)25-22-16-23(26-20-12-6-2-7-13-20)18-24(17-22)27-21-14-8-3-9-15-21/h16-21H,1-15H2. The molecule has 1 aromatic carbocycles. The fraction of sp³-hybridized carbons (Fsp3) is 0.750. The summed E-state index contributed by atoms with van der Waals surface area (Å²) in [5.41, 5.74) is 0. The predicted octanol–water partition coefficient (Wildman–Crippen LogP) is 6.82. The van der Waals surface area contributed by atoms with Crippen LogP contribution in [0.15, 0.2) is 18.2 Å². The quantitative estimate of drug-likeness (QED) is 0.548. The molecule has 0 atom stereocenters. The zero-order valence-corrected chi connectivity index (χ0v) is 16.8. The van der Waals surface area contributed by atoms with Gasteiger partial charge in [-0.1, -0.05) is 19.3 Å². The third kappa shape index (κ3) is 5.80. The summed E-state index contributed by atoms with van der Waals surface area (Å²) in [6, 6.07) is 6.28. The Balaban J connectivity index is 1.47. The van der Waals surface area contributed by atoms with Crippen molar-refractivity contribution < 1.29 is 14.2 Å². The highest BCUT2D eigenvalue weighted by atomic mass is 16.5. The van der Waals surface area contributed by atoms with Gasteiger partial charge in [0, 0.05) is 18.2 Å². The van der Waals surface area contributed by atoms with Gasteiger partial charge in [0.1, 0.15) is 17.2 Å². The molecule has 1 aromatic rings. The minimum atomic E-state index is 0.353. The van der Waals surface area contributed by atoms with Gasteiger partial charge < -0.3 is 14.2 Å². The first-order chi connectivity index (χ1) is 13.3. The molecule has 27 heavy (non-hydrogen) atoms. The second kappa shape index (κ2) is 9.71. The molecule has 3 fully saturated rings. The van der Waals surface area contributed by atoms with Crippen LogP contribution >= 0.6 is 0 Å². The van der Waals surface area contributed by atoms with Crippen molar-refractivity contribution in [3.05, 3.63) is 18.2 Å². The van der Waals surface area contributed by atoms with E-state index in [0.717, 1.165) is 17.2 Å². The summed E-state index contributed by atoms with van der Waals surface area (Å²) in [6.45, 7) is 0. The van der Waals surface area contributed by atoms with Gasteiger partial charge in [-0.15, -0.1) is 0 Å². The highest BCUT2D eigenvalue weighted by molar-refractivity contribution is 5.42. The largest absolute Gasteiger partial charge is 0.490 e. The molecule has 0 spiro atoms. The highest BCUT2D eigenvalue weighted by Gasteiger charge is 2.20. The van der Waals surface area contributed by atoms with Gasteiger partial charge in [-0.2, -0.15) is 0 Å². The summed E-state index contributed by atoms with van der Waals surface area (Å²) in [7, 11) is 0. The second-order valence-corrected chi connectivity index (χ2v) is 8.77. The Labute approximate surface area is 164 Å². The lowest BCUT2D eigenvalue weighted by atomic mass is 9.97. The summed E-state index contributed by atoms with van der Waals surface area (Å²) in [6.07, 6.45) is 19.9. The van der Waals surface area contributed by atoms with Crippen molar-refractivity contribution >= 4 is 0 Å². The van der Waals surface area contributed by atoms with E-state index in [1.807, 2.05) is 0 Å². The number of benzene rings is 1. The van der Waals surface area contributed by atoms with Crippen molar-refractivity contribution in [2.24, 2.45) is 0 Å². The van der Waals surface area contributed by atoms with Gasteiger partial charge in [0.25, 0.3) is 0 Å². The topological polar surface area (TPSA) is 27.7 Å². The van der Waals surface area contributed by atoms with E-state index in [9.17, 15) is 0 Å². The van der Waals surface area contributed by atoms with E-state index < -0.39 is 0 Å². The first-order valence-electron chi connectivity index (χ1n) is 11.5. The Morgan fingerprint density at radius 3 is 0.926 bits per heavy atom. The van der Waals surface area contributed by atoms with Crippen LogP contribution in [0.5, 0.6) is 17.2 Å². The molecule has 0 saturated heterocycles. The molecule has 0 heterocycles. The third-order valence-corrected chi connectivity index (χ3v) is 6.42. The molecule has 3 nitrogen and oxygen atoms in total. The van der Waals surface area contributed by atoms with Crippen molar-refractivity contribution in [2.75, 3.05) is 0 Å². The fourth-order valence-corrected chi connectivity index (χ4v) is 4.88. The van der Waals surface area contributed by atoms with Crippen molar-refractivity contribution in [1.29, 1.82) is 0 Å². The van der Waals surface area contributed by atoms with E-state index >= 15 is 0 Å². The van der Waals surface area contributed by atoms with Gasteiger partial charge in [-0.3, -0.25) is 0 Å². The minimum Gasteiger partial charge on any atom is -0.490 e. The van der Waals surface area contributed by atoms with Gasteiger partial charge in [-0.25, -0.2) is 0 Å². The van der Waals surface area contributed by atoms with Gasteiger partial charge in [-0.05, 0) is 77.0 Å². The van der Waals surface area contributed by atoms with Crippen molar-refractivity contribution in [2.45, 2.75) is 115 Å². The number of ether oxygens (including phenoxy) is 3. The van der Waals surface area contributed by atoms with Gasteiger partial charge in [0.05, 0.1) is 18.3 Å². The van der Waals surface area contributed by atoms with E-state index in [-0.39, 0.29) is 0 Å². The number of hydrogen-bond donors (Lipinski definition) is 0. The van der Waals surface area contributed by atoms with E-state index in [2.05, 4.69) is 18.2 Å². The summed E-state index contributed by atoms with van der Waals surface area (Å²) < 4.78 is 19.1. The Morgan fingerprint density at radius 2 is 0.667 bits per heavy atom. The van der Waals surface area contributed by atoms with Gasteiger partial charge in [0.2, 0.25) is 0 Å². The third-order valence-electron chi connectivity index (χ3n) is 6.42. The molecule has 0 unspecified atom stereocenters. The monoisotopic (exact) mass is 372 g/mol. The average Bonchev–Trinajstić information content (AvgIpc) is 2.70. The van der Waals surface area contributed by atoms with Crippen LogP contribution in [0.25, 0.3) is 0 Å². The molecule has 0 aromatic heterocycles. The van der Waals surface area contributed by atoms with Crippen LogP contribution < -0.4 is 14.2 Å². The molecule has 3 aliphatic rings. The predicted molar refractivity (Wildman–Crippen MR) is 109 cm³/mol. The van der Waals surface area contributed by atoms with Crippen molar-refractivity contribution in [3.63, 3.8) is 0 Å². The average molecular weight is 373 g/mol. The number of hydrogen-bond acceptors (Lipinski definition) is 3. The molecular formula is C24H36O3. The Bertz CT molecular complexity index is 474. The Morgan fingerprint density at radius 1 is 0.407 bits per heavy atom. The molecule has 3 saturated carbocycles. The molecule has 0 amide bonds. The highest BCUT2D eigenvalue weighted by Crippen LogP contribution is 2.34. The molecular weight excluding hydrogens is 336 g/mol. The van der Waals surface area contributed by atoms with Crippen LogP contribution in [0, 0.1) is 0 Å². The Hall–Kier alpha value is -1.38. The fourth-order valence-electron chi connectivity index (χ4n) is 4.88. The van der Waals surface area contributed by atoms with Crippen LogP contribution in [0.3, 0.4) is 0 Å². The van der Waals surface area contributed by atoms with Crippen LogP contribution in [0.1, 0.15) is 96.3 Å². The normalized spacial score (nSPS) is 23.1. The maximum absolute atomic E-state index is 6.35. The molecule has 3 heteroatoms. The van der Waals surface area contributed by atoms with E-state index in [0.29, 0.717) is 18.3 Å². The number of rotatable bonds is 6. The first-order valence-corrected chi connectivity index (χ1v) is 11.5. The second-order valence-electron chi connectivity index (χ2n) is 8.77. The lowest BCUT2D eigenvalue weighted by Gasteiger charge is -2.27. The van der Waals surface area contributed by atoms with Gasteiger partial charge >= 0.3 is 0 Å². The van der Waals surface area contributed by atoms with Crippen LogP contribution in [-0.2, 0) is 0 Å². The maximum Gasteiger partial charge on any atom is 0.127 e. The molecule has 0 radical (unpaired) electrons.